The first-order chi connectivity index (χ1) is 5.17. The van der Waals surface area contributed by atoms with Gasteiger partial charge >= 0.3 is 5.97 Å². The molecule has 0 amide bonds. The molecule has 0 aromatic heterocycles. The predicted molar refractivity (Wildman–Crippen MR) is 40.6 cm³/mol. The van der Waals surface area contributed by atoms with Crippen LogP contribution in [0.4, 0.5) is 0 Å². The molecule has 62 valence electrons. The molecule has 0 aliphatic heterocycles. The van der Waals surface area contributed by atoms with Crippen molar-refractivity contribution in [1.29, 1.82) is 0 Å². The fourth-order valence-electron chi connectivity index (χ4n) is 0.997. The molecule has 0 spiro atoms. The van der Waals surface area contributed by atoms with Crippen molar-refractivity contribution in [2.75, 3.05) is 7.11 Å². The monoisotopic (exact) mass is 156 g/mol. The molecule has 0 saturated carbocycles. The Hall–Kier alpha value is -0.640. The molecule has 0 unspecified atom stereocenters. The van der Waals surface area contributed by atoms with Gasteiger partial charge in [0.15, 0.2) is 0 Å². The third-order valence-electron chi connectivity index (χ3n) is 1.71. The minimum atomic E-state index is -2.08. The Morgan fingerprint density at radius 2 is 2.18 bits per heavy atom. The van der Waals surface area contributed by atoms with Crippen LogP contribution in [0.5, 0.6) is 0 Å². The summed E-state index contributed by atoms with van der Waals surface area (Å²) < 4.78 is 4.49. The van der Waals surface area contributed by atoms with Gasteiger partial charge in [0.25, 0.3) is 0 Å². The molecule has 0 aromatic carbocycles. The van der Waals surface area contributed by atoms with Gasteiger partial charge in [0.2, 0.25) is 0 Å². The smallest absolute Gasteiger partial charge is 0.302 e. The summed E-state index contributed by atoms with van der Waals surface area (Å²) in [4.78, 5) is 0. The number of methoxy groups -OCH3 is 1. The fraction of sp³-hybridized carbons (Fsp3) is 0.500. The highest BCUT2D eigenvalue weighted by molar-refractivity contribution is 5.18. The molecular formula is C8H12O3. The van der Waals surface area contributed by atoms with Crippen LogP contribution in [0, 0.1) is 0 Å². The average Bonchev–Trinajstić information content (AvgIpc) is 2.06. The van der Waals surface area contributed by atoms with E-state index in [2.05, 4.69) is 4.74 Å². The molecule has 0 bridgehead atoms. The molecule has 0 fully saturated rings. The summed E-state index contributed by atoms with van der Waals surface area (Å²) in [5.41, 5.74) is 0.502. The lowest BCUT2D eigenvalue weighted by Gasteiger charge is -2.23. The van der Waals surface area contributed by atoms with Gasteiger partial charge < -0.3 is 14.9 Å². The Morgan fingerprint density at radius 3 is 2.64 bits per heavy atom. The van der Waals surface area contributed by atoms with Gasteiger partial charge in [-0.15, -0.1) is 0 Å². The highest BCUT2D eigenvalue weighted by Crippen LogP contribution is 2.22. The molecule has 1 aliphatic rings. The standard InChI is InChI=1S/C8H12O3/c1-11-8(9,10)7-5-3-2-4-6-7/h2-3,6,9-10H,4-5H2,1H3. The third kappa shape index (κ3) is 1.89. The lowest BCUT2D eigenvalue weighted by Crippen LogP contribution is -2.33. The van der Waals surface area contributed by atoms with Crippen molar-refractivity contribution in [1.82, 2.24) is 0 Å². The first-order valence-electron chi connectivity index (χ1n) is 3.51. The van der Waals surface area contributed by atoms with E-state index in [1.807, 2.05) is 12.2 Å². The second-order valence-electron chi connectivity index (χ2n) is 2.45. The zero-order valence-electron chi connectivity index (χ0n) is 6.45. The molecule has 0 heterocycles. The molecular weight excluding hydrogens is 144 g/mol. The van der Waals surface area contributed by atoms with Crippen molar-refractivity contribution in [3.05, 3.63) is 23.8 Å². The van der Waals surface area contributed by atoms with Gasteiger partial charge in [-0.2, -0.15) is 0 Å². The van der Waals surface area contributed by atoms with Gasteiger partial charge in [-0.25, -0.2) is 0 Å². The van der Waals surface area contributed by atoms with Gasteiger partial charge in [-0.1, -0.05) is 18.2 Å². The van der Waals surface area contributed by atoms with Crippen molar-refractivity contribution in [2.24, 2.45) is 0 Å². The Kier molecular flexibility index (Phi) is 2.44. The molecule has 3 nitrogen and oxygen atoms in total. The predicted octanol–water partition coefficient (Wildman–Crippen LogP) is 0.548. The van der Waals surface area contributed by atoms with Crippen molar-refractivity contribution in [3.63, 3.8) is 0 Å². The van der Waals surface area contributed by atoms with E-state index in [1.165, 1.54) is 7.11 Å². The summed E-state index contributed by atoms with van der Waals surface area (Å²) in [6.45, 7) is 0. The summed E-state index contributed by atoms with van der Waals surface area (Å²) in [6, 6.07) is 0. The van der Waals surface area contributed by atoms with E-state index in [4.69, 9.17) is 0 Å². The number of allylic oxidation sites excluding steroid dienone is 3. The number of ether oxygens (including phenoxy) is 1. The number of hydrogen-bond acceptors (Lipinski definition) is 3. The van der Waals surface area contributed by atoms with E-state index in [9.17, 15) is 10.2 Å². The first kappa shape index (κ1) is 8.46. The van der Waals surface area contributed by atoms with Crippen molar-refractivity contribution < 1.29 is 14.9 Å². The summed E-state index contributed by atoms with van der Waals surface area (Å²) in [7, 11) is 1.26. The van der Waals surface area contributed by atoms with Crippen LogP contribution in [-0.4, -0.2) is 23.3 Å². The molecule has 1 aliphatic carbocycles. The Labute approximate surface area is 65.6 Å². The lowest BCUT2D eigenvalue weighted by molar-refractivity contribution is -0.299. The van der Waals surface area contributed by atoms with E-state index in [0.717, 1.165) is 6.42 Å². The SMILES string of the molecule is COC(O)(O)C1=CCC=CC1. The number of aliphatic hydroxyl groups is 2. The van der Waals surface area contributed by atoms with Crippen LogP contribution in [0.25, 0.3) is 0 Å². The molecule has 0 saturated heterocycles. The average molecular weight is 156 g/mol. The Morgan fingerprint density at radius 1 is 1.45 bits per heavy atom. The summed E-state index contributed by atoms with van der Waals surface area (Å²) >= 11 is 0. The van der Waals surface area contributed by atoms with Crippen LogP contribution in [0.2, 0.25) is 0 Å². The highest BCUT2D eigenvalue weighted by atomic mass is 16.8. The number of rotatable bonds is 2. The summed E-state index contributed by atoms with van der Waals surface area (Å²) in [5, 5.41) is 18.4. The topological polar surface area (TPSA) is 49.7 Å². The van der Waals surface area contributed by atoms with Gasteiger partial charge in [-0.3, -0.25) is 0 Å². The van der Waals surface area contributed by atoms with E-state index >= 15 is 0 Å². The van der Waals surface area contributed by atoms with Gasteiger partial charge in [0.05, 0.1) is 0 Å². The molecule has 11 heavy (non-hydrogen) atoms. The summed E-state index contributed by atoms with van der Waals surface area (Å²) in [5.74, 6) is -2.08. The third-order valence-corrected chi connectivity index (χ3v) is 1.71. The van der Waals surface area contributed by atoms with Crippen molar-refractivity contribution in [3.8, 4) is 0 Å². The number of hydrogen-bond donors (Lipinski definition) is 2. The fourth-order valence-corrected chi connectivity index (χ4v) is 0.997. The molecule has 0 aromatic rings. The molecule has 0 radical (unpaired) electrons. The van der Waals surface area contributed by atoms with Crippen LogP contribution in [0.15, 0.2) is 23.8 Å². The van der Waals surface area contributed by atoms with Crippen LogP contribution in [0.3, 0.4) is 0 Å². The highest BCUT2D eigenvalue weighted by Gasteiger charge is 2.27. The molecule has 1 rings (SSSR count). The maximum atomic E-state index is 9.18. The zero-order chi connectivity index (χ0) is 8.32. The quantitative estimate of drug-likeness (QED) is 0.453. The molecule has 3 heteroatoms. The van der Waals surface area contributed by atoms with Crippen LogP contribution in [0.1, 0.15) is 12.8 Å². The van der Waals surface area contributed by atoms with Crippen LogP contribution in [-0.2, 0) is 4.74 Å². The molecule has 2 N–H and O–H groups in total. The lowest BCUT2D eigenvalue weighted by atomic mass is 10.0. The normalized spacial score (nSPS) is 18.3. The Balaban J connectivity index is 2.66. The van der Waals surface area contributed by atoms with E-state index in [-0.39, 0.29) is 0 Å². The van der Waals surface area contributed by atoms with Gasteiger partial charge in [0.1, 0.15) is 0 Å². The van der Waals surface area contributed by atoms with Crippen molar-refractivity contribution >= 4 is 0 Å². The van der Waals surface area contributed by atoms with E-state index in [0.29, 0.717) is 12.0 Å². The maximum Gasteiger partial charge on any atom is 0.302 e. The largest absolute Gasteiger partial charge is 0.340 e. The maximum absolute atomic E-state index is 9.18. The van der Waals surface area contributed by atoms with Crippen LogP contribution < -0.4 is 0 Å². The first-order valence-corrected chi connectivity index (χ1v) is 3.51. The second kappa shape index (κ2) is 3.17. The van der Waals surface area contributed by atoms with Crippen molar-refractivity contribution in [2.45, 2.75) is 18.8 Å². The van der Waals surface area contributed by atoms with Crippen LogP contribution >= 0.6 is 0 Å². The second-order valence-corrected chi connectivity index (χ2v) is 2.45. The molecule has 0 atom stereocenters. The van der Waals surface area contributed by atoms with E-state index in [1.54, 1.807) is 6.08 Å². The van der Waals surface area contributed by atoms with Gasteiger partial charge in [0, 0.05) is 12.7 Å². The Bertz CT molecular complexity index is 192. The zero-order valence-corrected chi connectivity index (χ0v) is 6.45. The van der Waals surface area contributed by atoms with E-state index < -0.39 is 5.97 Å². The summed E-state index contributed by atoms with van der Waals surface area (Å²) in [6.07, 6.45) is 6.89. The van der Waals surface area contributed by atoms with Gasteiger partial charge in [-0.05, 0) is 12.8 Å². The minimum absolute atomic E-state index is 0.502. The minimum Gasteiger partial charge on any atom is -0.340 e.